The average Bonchev–Trinajstić information content (AvgIpc) is 2.83. The van der Waals surface area contributed by atoms with E-state index in [0.29, 0.717) is 32.6 Å². The molecule has 4 nitrogen and oxygen atoms in total. The normalized spacial score (nSPS) is 11.0. The number of nitrogens with zero attached hydrogens (tertiary/aromatic N) is 1. The van der Waals surface area contributed by atoms with Crippen molar-refractivity contribution in [2.45, 2.75) is 25.9 Å². The van der Waals surface area contributed by atoms with E-state index in [1.54, 1.807) is 6.20 Å². The van der Waals surface area contributed by atoms with Crippen LogP contribution in [0.1, 0.15) is 34.8 Å². The van der Waals surface area contributed by atoms with Gasteiger partial charge in [-0.15, -0.1) is 0 Å². The molecule has 0 aliphatic heterocycles. The van der Waals surface area contributed by atoms with Crippen molar-refractivity contribution in [1.82, 2.24) is 4.98 Å². The topological polar surface area (TPSA) is 51.6 Å². The number of hydrogen-bond acceptors (Lipinski definition) is 4. The first-order valence-electron chi connectivity index (χ1n) is 10.4. The van der Waals surface area contributed by atoms with Gasteiger partial charge in [0.2, 0.25) is 0 Å². The van der Waals surface area contributed by atoms with Gasteiger partial charge in [-0.05, 0) is 0 Å². The van der Waals surface area contributed by atoms with E-state index in [4.69, 9.17) is 7.42 Å². The molecule has 0 bridgehead atoms. The third kappa shape index (κ3) is 4.60. The van der Waals surface area contributed by atoms with Crippen LogP contribution < -0.4 is 7.42 Å². The molecule has 1 N–H and O–H groups in total. The number of aliphatic hydroxyl groups excluding tert-OH is 1. The number of pyridine rings is 1. The molecular formula is C26H24NO3Tl. The Morgan fingerprint density at radius 3 is 2.13 bits per heavy atom. The summed E-state index contributed by atoms with van der Waals surface area (Å²) in [4.78, 5) is 4.68. The van der Waals surface area contributed by atoms with Gasteiger partial charge in [-0.1, -0.05) is 0 Å². The number of rotatable bonds is 8. The molecule has 0 spiro atoms. The van der Waals surface area contributed by atoms with E-state index in [2.05, 4.69) is 36.2 Å². The minimum atomic E-state index is -0.262. The van der Waals surface area contributed by atoms with Crippen LogP contribution in [0.4, 0.5) is 0 Å². The van der Waals surface area contributed by atoms with E-state index in [9.17, 15) is 5.11 Å². The molecule has 0 saturated carbocycles. The van der Waals surface area contributed by atoms with Crippen LogP contribution in [0.3, 0.4) is 0 Å². The summed E-state index contributed by atoms with van der Waals surface area (Å²) in [6.07, 6.45) is 2.93. The molecule has 0 aliphatic rings. The maximum atomic E-state index is 9.43. The van der Waals surface area contributed by atoms with Gasteiger partial charge in [0.25, 0.3) is 0 Å². The van der Waals surface area contributed by atoms with E-state index < -0.39 is 0 Å². The van der Waals surface area contributed by atoms with Crippen molar-refractivity contribution in [2.75, 3.05) is 6.61 Å². The van der Waals surface area contributed by atoms with Crippen LogP contribution in [0.5, 0.6) is 11.5 Å². The van der Waals surface area contributed by atoms with Gasteiger partial charge in [-0.2, -0.15) is 0 Å². The zero-order valence-electron chi connectivity index (χ0n) is 17.5. The van der Waals surface area contributed by atoms with Gasteiger partial charge >= 0.3 is 200 Å². The van der Waals surface area contributed by atoms with Gasteiger partial charge in [-0.3, -0.25) is 0 Å². The minimum absolute atomic E-state index is 0.139. The molecule has 0 atom stereocenters. The summed E-state index contributed by atoms with van der Waals surface area (Å²) >= 11 is 0.355. The summed E-state index contributed by atoms with van der Waals surface area (Å²) in [5.41, 5.74) is 5.08. The number of hydrogen-bond donors (Lipinski definition) is 1. The standard InChI is InChI=1S/C26H25NO3.Tl/c1-18-21(15-9-17-28)24(29)22-14-8-16-27-23(22)25(18)30-26(19-10-4-2-5-11-19)20-12-6-3-7-13-20;/h2-8,10-14,16,26,28-29H,9,15,17H2,1H3;/q;+1/p-1. The van der Waals surface area contributed by atoms with Crippen LogP contribution in [0.15, 0.2) is 79.0 Å². The first-order chi connectivity index (χ1) is 15.2. The SMILES string of the molecule is Cc1c(CCCO)c([O][Tl])c2cccnc2c1OC(c1ccccc1)c1ccccc1. The molecule has 0 amide bonds. The molecule has 0 fully saturated rings. The van der Waals surface area contributed by atoms with E-state index in [1.165, 1.54) is 0 Å². The number of fused-ring (bicyclic) bond motifs is 1. The van der Waals surface area contributed by atoms with E-state index in [1.807, 2.05) is 48.5 Å². The Morgan fingerprint density at radius 1 is 0.903 bits per heavy atom. The zero-order valence-corrected chi connectivity index (χ0v) is 22.0. The Bertz CT molecular complexity index is 1110. The van der Waals surface area contributed by atoms with Crippen LogP contribution in [-0.2, 0) is 6.42 Å². The Balaban J connectivity index is 1.90. The van der Waals surface area contributed by atoms with Crippen molar-refractivity contribution >= 4 is 37.1 Å². The van der Waals surface area contributed by atoms with Gasteiger partial charge in [0.1, 0.15) is 0 Å². The van der Waals surface area contributed by atoms with Gasteiger partial charge in [0.05, 0.1) is 0 Å². The van der Waals surface area contributed by atoms with Gasteiger partial charge in [0.15, 0.2) is 0 Å². The second kappa shape index (κ2) is 10.2. The Hall–Kier alpha value is -2.45. The van der Waals surface area contributed by atoms with Crippen molar-refractivity contribution in [3.8, 4) is 11.5 Å². The maximum absolute atomic E-state index is 9.43. The molecule has 1 aromatic heterocycles. The van der Waals surface area contributed by atoms with E-state index >= 15 is 0 Å². The molecule has 4 aromatic rings. The first-order valence-corrected chi connectivity index (χ1v) is 12.2. The third-order valence-electron chi connectivity index (χ3n) is 5.48. The van der Waals surface area contributed by atoms with Gasteiger partial charge in [0, 0.05) is 0 Å². The fourth-order valence-electron chi connectivity index (χ4n) is 3.95. The summed E-state index contributed by atoms with van der Waals surface area (Å²) in [7, 11) is 0. The number of aromatic nitrogens is 1. The van der Waals surface area contributed by atoms with Crippen LogP contribution in [-0.4, -0.2) is 42.9 Å². The van der Waals surface area contributed by atoms with Gasteiger partial charge < -0.3 is 0 Å². The van der Waals surface area contributed by atoms with Crippen molar-refractivity contribution < 1.29 is 12.5 Å². The molecule has 154 valence electrons. The monoisotopic (exact) mass is 603 g/mol. The fourth-order valence-corrected chi connectivity index (χ4v) is 5.00. The molecule has 4 rings (SSSR count). The van der Waals surface area contributed by atoms with E-state index in [0.717, 1.165) is 51.1 Å². The van der Waals surface area contributed by atoms with Crippen LogP contribution >= 0.6 is 0 Å². The second-order valence-electron chi connectivity index (χ2n) is 7.43. The summed E-state index contributed by atoms with van der Waals surface area (Å²) in [5.74, 6) is 1.65. The fraction of sp³-hybridized carbons (Fsp3) is 0.192. The molecule has 31 heavy (non-hydrogen) atoms. The van der Waals surface area contributed by atoms with Gasteiger partial charge in [-0.25, -0.2) is 0 Å². The molecule has 0 aliphatic carbocycles. The van der Waals surface area contributed by atoms with Crippen molar-refractivity contribution in [3.63, 3.8) is 0 Å². The average molecular weight is 603 g/mol. The summed E-state index contributed by atoms with van der Waals surface area (Å²) in [6.45, 7) is 2.20. The molecule has 0 radical (unpaired) electrons. The molecule has 5 heteroatoms. The first kappa shape index (κ1) is 21.8. The van der Waals surface area contributed by atoms with Crippen LogP contribution in [0, 0.1) is 6.92 Å². The number of ether oxygens (including phenoxy) is 1. The Morgan fingerprint density at radius 2 is 1.55 bits per heavy atom. The van der Waals surface area contributed by atoms with Crippen molar-refractivity contribution in [2.24, 2.45) is 0 Å². The molecular weight excluding hydrogens is 579 g/mol. The summed E-state index contributed by atoms with van der Waals surface area (Å²) in [6, 6.07) is 24.5. The third-order valence-corrected chi connectivity index (χ3v) is 6.39. The summed E-state index contributed by atoms with van der Waals surface area (Å²) < 4.78 is 12.7. The van der Waals surface area contributed by atoms with Crippen molar-refractivity contribution in [1.29, 1.82) is 0 Å². The van der Waals surface area contributed by atoms with Crippen molar-refractivity contribution in [3.05, 3.63) is 101 Å². The second-order valence-corrected chi connectivity index (χ2v) is 8.34. The quantitative estimate of drug-likeness (QED) is 0.285. The van der Waals surface area contributed by atoms with Crippen LogP contribution in [0.2, 0.25) is 0 Å². The Labute approximate surface area is 199 Å². The molecule has 1 heterocycles. The number of benzene rings is 3. The van der Waals surface area contributed by atoms with Crippen LogP contribution in [0.25, 0.3) is 10.9 Å². The molecule has 0 unspecified atom stereocenters. The number of aliphatic hydroxyl groups is 1. The Kier molecular flexibility index (Phi) is 7.19. The predicted molar refractivity (Wildman–Crippen MR) is 124 cm³/mol. The predicted octanol–water partition coefficient (Wildman–Crippen LogP) is 5.10. The molecule has 3 aromatic carbocycles. The molecule has 0 saturated heterocycles. The van der Waals surface area contributed by atoms with E-state index in [-0.39, 0.29) is 12.7 Å². The summed E-state index contributed by atoms with van der Waals surface area (Å²) in [5, 5.41) is 10.4. The zero-order chi connectivity index (χ0) is 21.6.